The van der Waals surface area contributed by atoms with Gasteiger partial charge in [-0.15, -0.1) is 0 Å². The van der Waals surface area contributed by atoms with E-state index in [2.05, 4.69) is 5.32 Å². The Kier molecular flexibility index (Phi) is 4.12. The number of hydrogen-bond acceptors (Lipinski definition) is 4. The van der Waals surface area contributed by atoms with Crippen LogP contribution in [0.4, 0.5) is 5.69 Å². The molecule has 6 nitrogen and oxygen atoms in total. The molecule has 0 aliphatic heterocycles. The van der Waals surface area contributed by atoms with Crippen molar-refractivity contribution in [1.82, 2.24) is 0 Å². The van der Waals surface area contributed by atoms with Gasteiger partial charge in [0, 0.05) is 5.69 Å². The van der Waals surface area contributed by atoms with E-state index in [1.54, 1.807) is 6.07 Å². The number of sulfonamides is 1. The highest BCUT2D eigenvalue weighted by atomic mass is 32.2. The van der Waals surface area contributed by atoms with E-state index in [4.69, 9.17) is 9.56 Å². The number of carbonyl (C=O) groups is 1. The molecular weight excluding hydrogens is 304 g/mol. The number of amides is 1. The van der Waals surface area contributed by atoms with Gasteiger partial charge in [-0.25, -0.2) is 13.6 Å². The van der Waals surface area contributed by atoms with Crippen LogP contribution in [-0.4, -0.2) is 14.3 Å². The van der Waals surface area contributed by atoms with Crippen molar-refractivity contribution in [3.8, 4) is 0 Å². The molecule has 0 aliphatic carbocycles. The van der Waals surface area contributed by atoms with E-state index in [-0.39, 0.29) is 11.2 Å². The molecule has 2 aromatic rings. The van der Waals surface area contributed by atoms with E-state index in [0.29, 0.717) is 5.69 Å². The van der Waals surface area contributed by atoms with Crippen LogP contribution >= 0.6 is 0 Å². The number of hydrogen-bond donors (Lipinski definition) is 2. The van der Waals surface area contributed by atoms with Gasteiger partial charge in [0.05, 0.1) is 0 Å². The number of nitrogens with two attached hydrogens (primary N) is 1. The highest BCUT2D eigenvalue weighted by Crippen LogP contribution is 2.29. The van der Waals surface area contributed by atoms with Crippen molar-refractivity contribution in [2.45, 2.75) is 31.3 Å². The molecule has 7 heteroatoms. The summed E-state index contributed by atoms with van der Waals surface area (Å²) in [5, 5.41) is 7.24. The zero-order valence-corrected chi connectivity index (χ0v) is 13.4. The smallest absolute Gasteiger partial charge is 0.291 e. The molecule has 0 bridgehead atoms. The van der Waals surface area contributed by atoms with Gasteiger partial charge >= 0.3 is 0 Å². The average Bonchev–Trinajstić information content (AvgIpc) is 2.87. The Bertz CT molecular complexity index is 801. The van der Waals surface area contributed by atoms with Gasteiger partial charge in [0.1, 0.15) is 0 Å². The zero-order valence-electron chi connectivity index (χ0n) is 12.6. The first-order valence-corrected chi connectivity index (χ1v) is 8.17. The summed E-state index contributed by atoms with van der Waals surface area (Å²) in [5.74, 6) is -0.653. The van der Waals surface area contributed by atoms with E-state index in [1.807, 2.05) is 39.0 Å². The van der Waals surface area contributed by atoms with Gasteiger partial charge in [-0.3, -0.25) is 4.79 Å². The molecule has 0 spiro atoms. The maximum atomic E-state index is 12.2. The predicted molar refractivity (Wildman–Crippen MR) is 83.2 cm³/mol. The summed E-state index contributed by atoms with van der Waals surface area (Å²) in [6.07, 6.45) is 0. The van der Waals surface area contributed by atoms with E-state index in [0.717, 1.165) is 11.6 Å². The molecule has 1 heterocycles. The number of furan rings is 1. The molecule has 0 fully saturated rings. The number of benzene rings is 1. The molecule has 1 aromatic carbocycles. The van der Waals surface area contributed by atoms with E-state index in [9.17, 15) is 13.2 Å². The maximum Gasteiger partial charge on any atom is 0.291 e. The second-order valence-corrected chi connectivity index (χ2v) is 7.41. The average molecular weight is 322 g/mol. The third-order valence-corrected chi connectivity index (χ3v) is 3.85. The largest absolute Gasteiger partial charge is 0.438 e. The first-order valence-electron chi connectivity index (χ1n) is 6.62. The first kappa shape index (κ1) is 16.3. The van der Waals surface area contributed by atoms with Gasteiger partial charge < -0.3 is 9.73 Å². The molecule has 1 aromatic heterocycles. The highest BCUT2D eigenvalue weighted by Gasteiger charge is 2.21. The quantitative estimate of drug-likeness (QED) is 0.906. The molecule has 0 aliphatic rings. The van der Waals surface area contributed by atoms with Crippen molar-refractivity contribution < 1.29 is 17.6 Å². The summed E-state index contributed by atoms with van der Waals surface area (Å²) in [7, 11) is -3.97. The molecule has 0 atom stereocenters. The van der Waals surface area contributed by atoms with Gasteiger partial charge in [-0.1, -0.05) is 39.0 Å². The minimum absolute atomic E-state index is 0.118. The molecule has 118 valence electrons. The fourth-order valence-electron chi connectivity index (χ4n) is 2.03. The fraction of sp³-hybridized carbons (Fsp3) is 0.267. The first-order chi connectivity index (χ1) is 10.1. The van der Waals surface area contributed by atoms with Crippen molar-refractivity contribution in [2.75, 3.05) is 5.32 Å². The number of anilines is 1. The van der Waals surface area contributed by atoms with E-state index >= 15 is 0 Å². The van der Waals surface area contributed by atoms with Crippen LogP contribution in [0, 0.1) is 0 Å². The van der Waals surface area contributed by atoms with Gasteiger partial charge in [-0.05, 0) is 29.2 Å². The predicted octanol–water partition coefficient (Wildman–Crippen LogP) is 2.48. The Labute approximate surface area is 129 Å². The normalized spacial score (nSPS) is 12.2. The summed E-state index contributed by atoms with van der Waals surface area (Å²) >= 11 is 0. The topological polar surface area (TPSA) is 102 Å². The van der Waals surface area contributed by atoms with Crippen molar-refractivity contribution in [2.24, 2.45) is 5.14 Å². The van der Waals surface area contributed by atoms with Gasteiger partial charge in [0.2, 0.25) is 5.09 Å². The highest BCUT2D eigenvalue weighted by molar-refractivity contribution is 7.89. The molecule has 0 saturated carbocycles. The summed E-state index contributed by atoms with van der Waals surface area (Å²) < 4.78 is 27.3. The van der Waals surface area contributed by atoms with Gasteiger partial charge in [0.15, 0.2) is 5.76 Å². The number of carbonyl (C=O) groups excluding carboxylic acids is 1. The van der Waals surface area contributed by atoms with Crippen LogP contribution in [0.2, 0.25) is 0 Å². The molecule has 0 radical (unpaired) electrons. The molecule has 1 amide bonds. The minimum atomic E-state index is -3.97. The Hall–Kier alpha value is -2.12. The summed E-state index contributed by atoms with van der Waals surface area (Å²) in [6, 6.07) is 9.83. The van der Waals surface area contributed by atoms with Gasteiger partial charge in [-0.2, -0.15) is 0 Å². The second kappa shape index (κ2) is 5.58. The number of primary sulfonamides is 1. The summed E-state index contributed by atoms with van der Waals surface area (Å²) in [4.78, 5) is 12.2. The Morgan fingerprint density at radius 2 is 1.77 bits per heavy atom. The summed E-state index contributed by atoms with van der Waals surface area (Å²) in [6.45, 7) is 6.10. The van der Waals surface area contributed by atoms with Crippen molar-refractivity contribution in [3.63, 3.8) is 0 Å². The van der Waals surface area contributed by atoms with Crippen LogP contribution in [0.1, 0.15) is 36.9 Å². The Morgan fingerprint density at radius 1 is 1.14 bits per heavy atom. The number of para-hydroxylation sites is 1. The van der Waals surface area contributed by atoms with Crippen LogP contribution in [0.5, 0.6) is 0 Å². The van der Waals surface area contributed by atoms with Crippen LogP contribution in [0.15, 0.2) is 45.9 Å². The van der Waals surface area contributed by atoms with Crippen LogP contribution in [-0.2, 0) is 15.4 Å². The maximum absolute atomic E-state index is 12.2. The summed E-state index contributed by atoms with van der Waals surface area (Å²) in [5.41, 5.74) is 1.45. The fourth-order valence-corrected chi connectivity index (χ4v) is 2.49. The lowest BCUT2D eigenvalue weighted by Crippen LogP contribution is -2.18. The Morgan fingerprint density at radius 3 is 2.32 bits per heavy atom. The van der Waals surface area contributed by atoms with Crippen molar-refractivity contribution in [1.29, 1.82) is 0 Å². The van der Waals surface area contributed by atoms with Crippen molar-refractivity contribution >= 4 is 21.6 Å². The number of nitrogens with one attached hydrogen (secondary N) is 1. The third-order valence-electron chi connectivity index (χ3n) is 3.07. The Balaban J connectivity index is 2.29. The number of rotatable bonds is 3. The molecule has 2 rings (SSSR count). The SMILES string of the molecule is CC(C)(C)c1ccccc1NC(=O)c1ccc(S(N)(=O)=O)o1. The van der Waals surface area contributed by atoms with Crippen molar-refractivity contribution in [3.05, 3.63) is 47.7 Å². The molecule has 22 heavy (non-hydrogen) atoms. The third kappa shape index (κ3) is 3.55. The van der Waals surface area contributed by atoms with Crippen LogP contribution in [0.25, 0.3) is 0 Å². The van der Waals surface area contributed by atoms with E-state index in [1.165, 1.54) is 6.07 Å². The molecule has 3 N–H and O–H groups in total. The van der Waals surface area contributed by atoms with Crippen LogP contribution in [0.3, 0.4) is 0 Å². The lowest BCUT2D eigenvalue weighted by atomic mass is 9.86. The van der Waals surface area contributed by atoms with Crippen LogP contribution < -0.4 is 10.5 Å². The lowest BCUT2D eigenvalue weighted by Gasteiger charge is -2.22. The lowest BCUT2D eigenvalue weighted by molar-refractivity contribution is 0.0991. The van der Waals surface area contributed by atoms with E-state index < -0.39 is 21.0 Å². The van der Waals surface area contributed by atoms with Gasteiger partial charge in [0.25, 0.3) is 15.9 Å². The second-order valence-electron chi connectivity index (χ2n) is 5.91. The standard InChI is InChI=1S/C15H18N2O4S/c1-15(2,3)10-6-4-5-7-11(10)17-14(18)12-8-9-13(21-12)22(16,19)20/h4-9H,1-3H3,(H,17,18)(H2,16,19,20). The monoisotopic (exact) mass is 322 g/mol. The molecule has 0 saturated heterocycles. The molecular formula is C15H18N2O4S. The minimum Gasteiger partial charge on any atom is -0.438 e. The molecule has 0 unspecified atom stereocenters. The zero-order chi connectivity index (χ0) is 16.5.